The molecule has 3 rings (SSSR count). The van der Waals surface area contributed by atoms with E-state index < -0.39 is 15.9 Å². The van der Waals surface area contributed by atoms with Gasteiger partial charge in [0, 0.05) is 24.3 Å². The van der Waals surface area contributed by atoms with E-state index in [2.05, 4.69) is 5.10 Å². The fourth-order valence-electron chi connectivity index (χ4n) is 3.08. The lowest BCUT2D eigenvalue weighted by Crippen LogP contribution is -2.24. The molecule has 1 aromatic carbocycles. The Balaban J connectivity index is 1.85. The van der Waals surface area contributed by atoms with Crippen LogP contribution in [0.25, 0.3) is 10.9 Å². The molecule has 2 heterocycles. The van der Waals surface area contributed by atoms with E-state index in [4.69, 9.17) is 0 Å². The molecule has 0 spiro atoms. The van der Waals surface area contributed by atoms with Gasteiger partial charge in [0.05, 0.1) is 28.8 Å². The lowest BCUT2D eigenvalue weighted by atomic mass is 9.97. The summed E-state index contributed by atoms with van der Waals surface area (Å²) in [6.45, 7) is 2.80. The lowest BCUT2D eigenvalue weighted by molar-refractivity contribution is 0.119. The number of rotatable bonds is 4. The highest BCUT2D eigenvalue weighted by atomic mass is 32.2. The number of fused-ring (bicyclic) bond motifs is 1. The predicted octanol–water partition coefficient (Wildman–Crippen LogP) is 1.39. The third kappa shape index (κ3) is 2.82. The van der Waals surface area contributed by atoms with Crippen molar-refractivity contribution in [3.8, 4) is 0 Å². The monoisotopic (exact) mass is 308 g/mol. The maximum atomic E-state index is 11.5. The van der Waals surface area contributed by atoms with Gasteiger partial charge in [-0.25, -0.2) is 8.42 Å². The number of hydrogen-bond donors (Lipinski definition) is 1. The molecule has 2 aromatic rings. The zero-order valence-electron chi connectivity index (χ0n) is 12.1. The molecule has 114 valence electrons. The SMILES string of the molecule is CCn1nc(CC(O)C2CCS(=O)(=O)C2)c2ccccc21. The highest BCUT2D eigenvalue weighted by Gasteiger charge is 2.33. The number of para-hydroxylation sites is 1. The van der Waals surface area contributed by atoms with Gasteiger partial charge in [-0.3, -0.25) is 4.68 Å². The Kier molecular flexibility index (Phi) is 3.75. The van der Waals surface area contributed by atoms with Crippen molar-refractivity contribution in [2.75, 3.05) is 11.5 Å². The van der Waals surface area contributed by atoms with Gasteiger partial charge in [-0.05, 0) is 19.4 Å². The van der Waals surface area contributed by atoms with E-state index >= 15 is 0 Å². The molecule has 0 saturated carbocycles. The Hall–Kier alpha value is -1.40. The summed E-state index contributed by atoms with van der Waals surface area (Å²) < 4.78 is 25.0. The Bertz CT molecular complexity index is 751. The summed E-state index contributed by atoms with van der Waals surface area (Å²) >= 11 is 0. The fourth-order valence-corrected chi connectivity index (χ4v) is 4.95. The topological polar surface area (TPSA) is 72.2 Å². The molecule has 2 unspecified atom stereocenters. The molecule has 2 atom stereocenters. The summed E-state index contributed by atoms with van der Waals surface area (Å²) in [5.74, 6) is 0.125. The molecule has 1 fully saturated rings. The van der Waals surface area contributed by atoms with Crippen LogP contribution >= 0.6 is 0 Å². The molecule has 0 radical (unpaired) electrons. The van der Waals surface area contributed by atoms with Crippen LogP contribution in [-0.4, -0.2) is 40.9 Å². The molecule has 21 heavy (non-hydrogen) atoms. The first-order valence-corrected chi connectivity index (χ1v) is 9.15. The number of benzene rings is 1. The maximum Gasteiger partial charge on any atom is 0.150 e. The summed E-state index contributed by atoms with van der Waals surface area (Å²) in [5, 5.41) is 16.0. The first-order chi connectivity index (χ1) is 10.00. The summed E-state index contributed by atoms with van der Waals surface area (Å²) in [7, 11) is -2.96. The van der Waals surface area contributed by atoms with E-state index in [1.165, 1.54) is 0 Å². The van der Waals surface area contributed by atoms with Gasteiger partial charge >= 0.3 is 0 Å². The second-order valence-corrected chi connectivity index (χ2v) is 7.94. The lowest BCUT2D eigenvalue weighted by Gasteiger charge is -2.15. The minimum atomic E-state index is -2.96. The van der Waals surface area contributed by atoms with Crippen LogP contribution < -0.4 is 0 Å². The van der Waals surface area contributed by atoms with Crippen molar-refractivity contribution >= 4 is 20.7 Å². The van der Waals surface area contributed by atoms with Crippen LogP contribution in [0, 0.1) is 5.92 Å². The van der Waals surface area contributed by atoms with Gasteiger partial charge in [-0.2, -0.15) is 5.10 Å². The van der Waals surface area contributed by atoms with E-state index in [0.717, 1.165) is 23.1 Å². The molecule has 0 amide bonds. The van der Waals surface area contributed by atoms with Gasteiger partial charge < -0.3 is 5.11 Å². The second kappa shape index (κ2) is 5.42. The maximum absolute atomic E-state index is 11.5. The molecule has 1 N–H and O–H groups in total. The molecule has 5 nitrogen and oxygen atoms in total. The van der Waals surface area contributed by atoms with Crippen molar-refractivity contribution in [2.45, 2.75) is 32.4 Å². The third-order valence-corrected chi connectivity index (χ3v) is 6.04. The number of nitrogens with zero attached hydrogens (tertiary/aromatic N) is 2. The average Bonchev–Trinajstić information content (AvgIpc) is 3.00. The van der Waals surface area contributed by atoms with E-state index in [-0.39, 0.29) is 17.4 Å². The highest BCUT2D eigenvalue weighted by Crippen LogP contribution is 2.26. The fraction of sp³-hybridized carbons (Fsp3) is 0.533. The largest absolute Gasteiger partial charge is 0.392 e. The van der Waals surface area contributed by atoms with Crippen LogP contribution in [0.3, 0.4) is 0 Å². The first-order valence-electron chi connectivity index (χ1n) is 7.33. The van der Waals surface area contributed by atoms with E-state index in [1.807, 2.05) is 35.9 Å². The smallest absolute Gasteiger partial charge is 0.150 e. The van der Waals surface area contributed by atoms with Crippen LogP contribution in [0.1, 0.15) is 19.0 Å². The molecule has 6 heteroatoms. The minimum Gasteiger partial charge on any atom is -0.392 e. The molecule has 0 bridgehead atoms. The Morgan fingerprint density at radius 2 is 2.19 bits per heavy atom. The summed E-state index contributed by atoms with van der Waals surface area (Å²) in [5.41, 5.74) is 1.91. The molecular weight excluding hydrogens is 288 g/mol. The van der Waals surface area contributed by atoms with Gasteiger partial charge in [0.15, 0.2) is 9.84 Å². The van der Waals surface area contributed by atoms with Gasteiger partial charge in [0.2, 0.25) is 0 Å². The highest BCUT2D eigenvalue weighted by molar-refractivity contribution is 7.91. The number of aryl methyl sites for hydroxylation is 1. The summed E-state index contributed by atoms with van der Waals surface area (Å²) in [6.07, 6.45) is 0.315. The second-order valence-electron chi connectivity index (χ2n) is 5.71. The average molecular weight is 308 g/mol. The van der Waals surface area contributed by atoms with Crippen LogP contribution in [0.2, 0.25) is 0 Å². The number of sulfone groups is 1. The van der Waals surface area contributed by atoms with Crippen LogP contribution in [-0.2, 0) is 22.8 Å². The quantitative estimate of drug-likeness (QED) is 0.926. The first kappa shape index (κ1) is 14.5. The minimum absolute atomic E-state index is 0.0978. The van der Waals surface area contributed by atoms with Crippen LogP contribution in [0.5, 0.6) is 0 Å². The predicted molar refractivity (Wildman–Crippen MR) is 81.9 cm³/mol. The van der Waals surface area contributed by atoms with Crippen LogP contribution in [0.4, 0.5) is 0 Å². The number of aliphatic hydroxyl groups excluding tert-OH is 1. The van der Waals surface area contributed by atoms with Crippen molar-refractivity contribution < 1.29 is 13.5 Å². The van der Waals surface area contributed by atoms with Gasteiger partial charge in [0.25, 0.3) is 0 Å². The van der Waals surface area contributed by atoms with Crippen molar-refractivity contribution in [3.05, 3.63) is 30.0 Å². The molecule has 1 aliphatic rings. The van der Waals surface area contributed by atoms with Gasteiger partial charge in [-0.15, -0.1) is 0 Å². The van der Waals surface area contributed by atoms with Crippen molar-refractivity contribution in [2.24, 2.45) is 5.92 Å². The molecular formula is C15H20N2O3S. The van der Waals surface area contributed by atoms with Crippen molar-refractivity contribution in [1.82, 2.24) is 9.78 Å². The molecule has 1 aromatic heterocycles. The third-order valence-electron chi connectivity index (χ3n) is 4.25. The van der Waals surface area contributed by atoms with E-state index in [1.54, 1.807) is 0 Å². The van der Waals surface area contributed by atoms with Gasteiger partial charge in [0.1, 0.15) is 0 Å². The molecule has 1 saturated heterocycles. The molecule has 1 aliphatic heterocycles. The summed E-state index contributed by atoms with van der Waals surface area (Å²) in [6, 6.07) is 7.95. The standard InChI is InChI=1S/C15H20N2O3S/c1-2-17-14-6-4-3-5-12(14)13(16-17)9-15(18)11-7-8-21(19,20)10-11/h3-6,11,15,18H,2,7-10H2,1H3. The zero-order valence-corrected chi connectivity index (χ0v) is 12.9. The Morgan fingerprint density at radius 3 is 2.86 bits per heavy atom. The van der Waals surface area contributed by atoms with E-state index in [9.17, 15) is 13.5 Å². The van der Waals surface area contributed by atoms with Gasteiger partial charge in [-0.1, -0.05) is 18.2 Å². The summed E-state index contributed by atoms with van der Waals surface area (Å²) in [4.78, 5) is 0. The van der Waals surface area contributed by atoms with Crippen molar-refractivity contribution in [1.29, 1.82) is 0 Å². The number of aliphatic hydroxyl groups is 1. The number of aromatic nitrogens is 2. The Morgan fingerprint density at radius 1 is 1.43 bits per heavy atom. The zero-order chi connectivity index (χ0) is 15.0. The van der Waals surface area contributed by atoms with E-state index in [0.29, 0.717) is 12.8 Å². The van der Waals surface area contributed by atoms with Crippen LogP contribution in [0.15, 0.2) is 24.3 Å². The molecule has 0 aliphatic carbocycles. The normalized spacial score (nSPS) is 22.7. The van der Waals surface area contributed by atoms with Crippen molar-refractivity contribution in [3.63, 3.8) is 0 Å². The number of hydrogen-bond acceptors (Lipinski definition) is 4. The Labute approximate surface area is 124 Å².